The number of carbonyl (C=O) groups excluding carboxylic acids is 2. The van der Waals surface area contributed by atoms with Gasteiger partial charge in [0, 0.05) is 43.3 Å². The highest BCUT2D eigenvalue weighted by molar-refractivity contribution is 7.21. The third-order valence-electron chi connectivity index (χ3n) is 7.51. The van der Waals surface area contributed by atoms with Crippen molar-refractivity contribution in [3.05, 3.63) is 44.0 Å². The molecule has 0 spiro atoms. The molecule has 2 heterocycles. The summed E-state index contributed by atoms with van der Waals surface area (Å²) in [5, 5.41) is 19.1. The van der Waals surface area contributed by atoms with Crippen molar-refractivity contribution in [1.29, 1.82) is 0 Å². The minimum absolute atomic E-state index is 0.00639. The average molecular weight is 701 g/mol. The lowest BCUT2D eigenvalue weighted by Gasteiger charge is -2.16. The van der Waals surface area contributed by atoms with Gasteiger partial charge in [-0.2, -0.15) is 0 Å². The van der Waals surface area contributed by atoms with Crippen molar-refractivity contribution in [1.82, 2.24) is 4.90 Å². The van der Waals surface area contributed by atoms with Gasteiger partial charge in [-0.3, -0.25) is 19.2 Å². The van der Waals surface area contributed by atoms with E-state index in [-0.39, 0.29) is 83.5 Å². The van der Waals surface area contributed by atoms with Crippen LogP contribution in [0.3, 0.4) is 0 Å². The van der Waals surface area contributed by atoms with Crippen LogP contribution in [0.4, 0.5) is 4.39 Å². The maximum Gasteiger partial charge on any atom is 0.306 e. The maximum atomic E-state index is 15.4. The van der Waals surface area contributed by atoms with Crippen molar-refractivity contribution >= 4 is 68.3 Å². The van der Waals surface area contributed by atoms with E-state index in [0.717, 1.165) is 11.3 Å². The lowest BCUT2D eigenvalue weighted by Crippen LogP contribution is -2.28. The van der Waals surface area contributed by atoms with E-state index in [1.54, 1.807) is 12.1 Å². The van der Waals surface area contributed by atoms with Crippen LogP contribution in [0.1, 0.15) is 53.9 Å². The number of methoxy groups -OCH3 is 2. The number of ether oxygens (including phenoxy) is 4. The molecule has 15 heteroatoms. The van der Waals surface area contributed by atoms with Crippen LogP contribution in [-0.2, 0) is 27.5 Å². The fourth-order valence-electron chi connectivity index (χ4n) is 4.89. The molecule has 0 aliphatic carbocycles. The largest absolute Gasteiger partial charge is 0.491 e. The molecule has 1 aliphatic heterocycles. The van der Waals surface area contributed by atoms with Gasteiger partial charge in [-0.1, -0.05) is 37.0 Å². The van der Waals surface area contributed by atoms with Gasteiger partial charge >= 0.3 is 11.9 Å². The molecule has 0 saturated heterocycles. The van der Waals surface area contributed by atoms with Crippen molar-refractivity contribution in [3.63, 3.8) is 0 Å². The smallest absolute Gasteiger partial charge is 0.306 e. The molecule has 1 aromatic heterocycles. The van der Waals surface area contributed by atoms with Gasteiger partial charge in [-0.05, 0) is 17.7 Å². The maximum absolute atomic E-state index is 15.4. The minimum Gasteiger partial charge on any atom is -0.491 e. The van der Waals surface area contributed by atoms with Crippen molar-refractivity contribution in [2.45, 2.75) is 46.2 Å². The first kappa shape index (κ1) is 35.1. The van der Waals surface area contributed by atoms with E-state index in [1.807, 2.05) is 0 Å². The first-order valence-electron chi connectivity index (χ1n) is 14.2. The zero-order valence-corrected chi connectivity index (χ0v) is 27.7. The molecule has 0 radical (unpaired) electrons. The number of hydrogen-bond donors (Lipinski definition) is 2. The Morgan fingerprint density at radius 2 is 1.54 bits per heavy atom. The summed E-state index contributed by atoms with van der Waals surface area (Å²) in [5.74, 6) is -4.94. The van der Waals surface area contributed by atoms with Crippen LogP contribution >= 0.6 is 34.5 Å². The number of fused-ring (bicyclic) bond motifs is 2. The highest BCUT2D eigenvalue weighted by Crippen LogP contribution is 2.50. The third kappa shape index (κ3) is 7.26. The van der Waals surface area contributed by atoms with Gasteiger partial charge in [-0.15, -0.1) is 11.3 Å². The monoisotopic (exact) mass is 699 g/mol. The van der Waals surface area contributed by atoms with Crippen LogP contribution in [0.5, 0.6) is 23.0 Å². The normalized spacial score (nSPS) is 13.7. The number of Topliss-reactive ketones (excluding diaryl/α,β-unsaturated/α-hetero) is 1. The summed E-state index contributed by atoms with van der Waals surface area (Å²) >= 11 is 14.3. The Bertz CT molecular complexity index is 1690. The predicted molar refractivity (Wildman–Crippen MR) is 168 cm³/mol. The summed E-state index contributed by atoms with van der Waals surface area (Å²) < 4.78 is 38.3. The van der Waals surface area contributed by atoms with E-state index in [9.17, 15) is 19.2 Å². The molecule has 0 fully saturated rings. The molecule has 4 rings (SSSR count). The summed E-state index contributed by atoms with van der Waals surface area (Å²) in [6, 6.07) is 3.16. The molecular formula is C31H32Cl2FNO10S. The van der Waals surface area contributed by atoms with Crippen LogP contribution in [0.15, 0.2) is 12.1 Å². The van der Waals surface area contributed by atoms with E-state index in [0.29, 0.717) is 26.9 Å². The Hall–Kier alpha value is -3.81. The number of carboxylic acids is 2. The Kier molecular flexibility index (Phi) is 11.2. The molecule has 0 unspecified atom stereocenters. The predicted octanol–water partition coefficient (Wildman–Crippen LogP) is 6.46. The number of amides is 1. The molecule has 2 aromatic carbocycles. The number of ketones is 1. The summed E-state index contributed by atoms with van der Waals surface area (Å²) in [7, 11) is 2.70. The number of benzene rings is 2. The van der Waals surface area contributed by atoms with E-state index in [2.05, 4.69) is 0 Å². The van der Waals surface area contributed by atoms with Gasteiger partial charge in [0.1, 0.15) is 5.02 Å². The Balaban J connectivity index is 1.43. The van der Waals surface area contributed by atoms with Gasteiger partial charge < -0.3 is 34.1 Å². The Morgan fingerprint density at radius 1 is 0.913 bits per heavy atom. The number of carboxylic acid groups (broad SMARTS) is 2. The molecule has 2 atom stereocenters. The van der Waals surface area contributed by atoms with Gasteiger partial charge in [-0.25, -0.2) is 4.39 Å². The number of rotatable bonds is 15. The van der Waals surface area contributed by atoms with E-state index in [1.165, 1.54) is 33.0 Å². The molecule has 11 nitrogen and oxygen atoms in total. The zero-order valence-electron chi connectivity index (χ0n) is 25.4. The van der Waals surface area contributed by atoms with Crippen LogP contribution in [-0.4, -0.2) is 66.2 Å². The fourth-order valence-corrected chi connectivity index (χ4v) is 6.66. The minimum atomic E-state index is -1.08. The van der Waals surface area contributed by atoms with Crippen molar-refractivity contribution in [3.8, 4) is 23.0 Å². The van der Waals surface area contributed by atoms with Gasteiger partial charge in [0.25, 0.3) is 0 Å². The second-order valence-corrected chi connectivity index (χ2v) is 12.6. The second kappa shape index (κ2) is 14.7. The highest BCUT2D eigenvalue weighted by Gasteiger charge is 2.31. The van der Waals surface area contributed by atoms with Crippen LogP contribution in [0, 0.1) is 17.7 Å². The number of thiophene rings is 1. The van der Waals surface area contributed by atoms with Crippen LogP contribution in [0.2, 0.25) is 10.0 Å². The van der Waals surface area contributed by atoms with Crippen LogP contribution in [0.25, 0.3) is 10.1 Å². The molecule has 1 aliphatic rings. The molecule has 0 saturated carbocycles. The summed E-state index contributed by atoms with van der Waals surface area (Å²) in [4.78, 5) is 49.3. The number of halogens is 3. The first-order chi connectivity index (χ1) is 21.8. The first-order valence-corrected chi connectivity index (χ1v) is 15.7. The SMILES string of the molecule is COc1c(OCCCOc2c(OC)c(Cl)c3sc(C(=O)C[C@H](C)C(=O)O)cc3c2Cl)cc2c(c1F)CN(C(=O)C[C@H](C)C(=O)O)C2. The average Bonchev–Trinajstić information content (AvgIpc) is 3.65. The number of hydrogen-bond acceptors (Lipinski definition) is 9. The molecule has 248 valence electrons. The van der Waals surface area contributed by atoms with E-state index < -0.39 is 35.5 Å². The van der Waals surface area contributed by atoms with Gasteiger partial charge in [0.2, 0.25) is 5.91 Å². The van der Waals surface area contributed by atoms with Crippen LogP contribution < -0.4 is 18.9 Å². The Labute approximate surface area is 277 Å². The molecule has 1 amide bonds. The molecule has 3 aromatic rings. The lowest BCUT2D eigenvalue weighted by atomic mass is 10.0. The van der Waals surface area contributed by atoms with Crippen molar-refractivity contribution in [2.24, 2.45) is 11.8 Å². The summed E-state index contributed by atoms with van der Waals surface area (Å²) in [5.41, 5.74) is 0.818. The molecule has 0 bridgehead atoms. The lowest BCUT2D eigenvalue weighted by molar-refractivity contribution is -0.145. The highest BCUT2D eigenvalue weighted by atomic mass is 35.5. The Morgan fingerprint density at radius 3 is 2.17 bits per heavy atom. The van der Waals surface area contributed by atoms with E-state index in [4.69, 9.17) is 52.4 Å². The van der Waals surface area contributed by atoms with Gasteiger partial charge in [0.05, 0.1) is 53.9 Å². The summed E-state index contributed by atoms with van der Waals surface area (Å²) in [6.45, 7) is 3.16. The standard InChI is InChI=1S/C31H32Cl2FNO10S/c1-14(30(38)39)8-19(36)21-11-17-23(32)28(27(43-4)24(33)29(17)46-21)45-7-5-6-44-20-10-16-12-35(22(37)9-15(2)31(40)41)13-18(16)25(34)26(20)42-3/h10-11,14-15H,5-9,12-13H2,1-4H3,(H,38,39)(H,40,41)/t14-,15-/m0/s1. The number of aliphatic carboxylic acids is 2. The second-order valence-electron chi connectivity index (χ2n) is 10.8. The molecule has 46 heavy (non-hydrogen) atoms. The number of nitrogens with zero attached hydrogens (tertiary/aromatic N) is 1. The number of carbonyl (C=O) groups is 4. The topological polar surface area (TPSA) is 149 Å². The van der Waals surface area contributed by atoms with Gasteiger partial charge in [0.15, 0.2) is 34.6 Å². The third-order valence-corrected chi connectivity index (χ3v) is 9.55. The van der Waals surface area contributed by atoms with E-state index >= 15 is 4.39 Å². The molecular weight excluding hydrogens is 668 g/mol. The van der Waals surface area contributed by atoms with Crippen molar-refractivity contribution in [2.75, 3.05) is 27.4 Å². The van der Waals surface area contributed by atoms with Crippen molar-refractivity contribution < 1.29 is 52.7 Å². The fraction of sp³-hybridized carbons (Fsp3) is 0.419. The zero-order chi connectivity index (χ0) is 33.9. The summed E-state index contributed by atoms with van der Waals surface area (Å²) in [6.07, 6.45) is -0.0650. The quantitative estimate of drug-likeness (QED) is 0.134. The molecule has 2 N–H and O–H groups in total.